The van der Waals surface area contributed by atoms with E-state index in [1.807, 2.05) is 19.2 Å². The third kappa shape index (κ3) is 4.85. The fraction of sp³-hybridized carbons (Fsp3) is 0.360. The van der Waals surface area contributed by atoms with Crippen molar-refractivity contribution < 1.29 is 19.2 Å². The third-order valence-electron chi connectivity index (χ3n) is 6.17. The van der Waals surface area contributed by atoms with Crippen LogP contribution in [0.15, 0.2) is 42.5 Å². The molecular weight excluding hydrogens is 434 g/mol. The molecule has 4 rings (SSSR count). The number of carbonyl (C=O) groups is 4. The van der Waals surface area contributed by atoms with Crippen LogP contribution in [0.3, 0.4) is 0 Å². The average Bonchev–Trinajstić information content (AvgIpc) is 3.08. The highest BCUT2D eigenvalue weighted by molar-refractivity contribution is 6.25. The lowest BCUT2D eigenvalue weighted by molar-refractivity contribution is -0.136. The van der Waals surface area contributed by atoms with Crippen molar-refractivity contribution in [1.29, 1.82) is 0 Å². The van der Waals surface area contributed by atoms with Gasteiger partial charge in [-0.2, -0.15) is 0 Å². The molecule has 1 atom stereocenters. The smallest absolute Gasteiger partial charge is 0.264 e. The minimum atomic E-state index is -0.975. The van der Waals surface area contributed by atoms with E-state index in [2.05, 4.69) is 40.0 Å². The fourth-order valence-corrected chi connectivity index (χ4v) is 4.32. The van der Waals surface area contributed by atoms with Crippen LogP contribution in [0.4, 0.5) is 5.69 Å². The van der Waals surface area contributed by atoms with Gasteiger partial charge in [0.2, 0.25) is 11.8 Å². The molecule has 2 aliphatic rings. The summed E-state index contributed by atoms with van der Waals surface area (Å²) in [4.78, 5) is 53.1. The minimum absolute atomic E-state index is 0.0935. The highest BCUT2D eigenvalue weighted by Crippen LogP contribution is 2.32. The minimum Gasteiger partial charge on any atom is -0.380 e. The first kappa shape index (κ1) is 23.6. The number of rotatable bonds is 9. The summed E-state index contributed by atoms with van der Waals surface area (Å²) in [6.45, 7) is 3.23. The van der Waals surface area contributed by atoms with Crippen molar-refractivity contribution in [3.63, 3.8) is 0 Å². The maximum absolute atomic E-state index is 13.2. The van der Waals surface area contributed by atoms with Gasteiger partial charge in [0, 0.05) is 38.3 Å². The lowest BCUT2D eigenvalue weighted by atomic mass is 10.0. The molecule has 3 N–H and O–H groups in total. The predicted octanol–water partition coefficient (Wildman–Crippen LogP) is 1.35. The van der Waals surface area contributed by atoms with Crippen LogP contribution in [0.25, 0.3) is 0 Å². The Morgan fingerprint density at radius 1 is 1.03 bits per heavy atom. The summed E-state index contributed by atoms with van der Waals surface area (Å²) >= 11 is 0. The van der Waals surface area contributed by atoms with Gasteiger partial charge in [-0.3, -0.25) is 29.4 Å². The summed E-state index contributed by atoms with van der Waals surface area (Å²) in [5.74, 6) is -2.03. The second-order valence-corrected chi connectivity index (χ2v) is 8.69. The van der Waals surface area contributed by atoms with Crippen molar-refractivity contribution >= 4 is 29.3 Å². The molecule has 34 heavy (non-hydrogen) atoms. The van der Waals surface area contributed by atoms with Gasteiger partial charge in [-0.1, -0.05) is 30.3 Å². The summed E-state index contributed by atoms with van der Waals surface area (Å²) in [5.41, 5.74) is 3.32. The van der Waals surface area contributed by atoms with Gasteiger partial charge in [-0.25, -0.2) is 0 Å². The molecular formula is C25H29N5O4. The average molecular weight is 464 g/mol. The summed E-state index contributed by atoms with van der Waals surface area (Å²) < 4.78 is 0. The number of anilines is 1. The number of carbonyl (C=O) groups excluding carboxylic acids is 4. The second kappa shape index (κ2) is 10.1. The molecule has 2 aliphatic heterocycles. The van der Waals surface area contributed by atoms with Crippen LogP contribution in [-0.2, 0) is 22.7 Å². The Bertz CT molecular complexity index is 1110. The fourth-order valence-electron chi connectivity index (χ4n) is 4.32. The van der Waals surface area contributed by atoms with Crippen LogP contribution in [0.1, 0.15) is 44.7 Å². The third-order valence-corrected chi connectivity index (χ3v) is 6.17. The summed E-state index contributed by atoms with van der Waals surface area (Å²) in [5, 5.41) is 8.63. The zero-order valence-electron chi connectivity index (χ0n) is 19.4. The Hall–Kier alpha value is -3.56. The summed E-state index contributed by atoms with van der Waals surface area (Å²) in [7, 11) is 4.02. The Balaban J connectivity index is 1.44. The quantitative estimate of drug-likeness (QED) is 0.482. The summed E-state index contributed by atoms with van der Waals surface area (Å²) in [6, 6.07) is 12.3. The Labute approximate surface area is 198 Å². The van der Waals surface area contributed by atoms with Crippen molar-refractivity contribution in [2.75, 3.05) is 32.5 Å². The number of hydrogen-bond donors (Lipinski definition) is 3. The lowest BCUT2D eigenvalue weighted by Gasteiger charge is -2.27. The molecule has 0 spiro atoms. The van der Waals surface area contributed by atoms with Crippen LogP contribution in [-0.4, -0.2) is 66.7 Å². The van der Waals surface area contributed by atoms with E-state index >= 15 is 0 Å². The molecule has 1 unspecified atom stereocenters. The molecule has 9 nitrogen and oxygen atoms in total. The van der Waals surface area contributed by atoms with E-state index in [1.165, 1.54) is 5.56 Å². The SMILES string of the molecule is CNCCN(C)Cc1ccc(CNc2cccc3c2C(=O)N(C2CCC(=O)NC2=O)C3=O)cc1. The van der Waals surface area contributed by atoms with Gasteiger partial charge in [0.1, 0.15) is 6.04 Å². The van der Waals surface area contributed by atoms with E-state index < -0.39 is 29.7 Å². The number of nitrogens with one attached hydrogen (secondary N) is 3. The largest absolute Gasteiger partial charge is 0.380 e. The van der Waals surface area contributed by atoms with Crippen molar-refractivity contribution in [2.24, 2.45) is 0 Å². The van der Waals surface area contributed by atoms with Crippen molar-refractivity contribution in [1.82, 2.24) is 20.4 Å². The van der Waals surface area contributed by atoms with E-state index in [-0.39, 0.29) is 24.0 Å². The van der Waals surface area contributed by atoms with Crippen LogP contribution < -0.4 is 16.0 Å². The van der Waals surface area contributed by atoms with Gasteiger partial charge >= 0.3 is 0 Å². The topological polar surface area (TPSA) is 111 Å². The van der Waals surface area contributed by atoms with Crippen molar-refractivity contribution in [3.05, 3.63) is 64.7 Å². The maximum atomic E-state index is 13.2. The monoisotopic (exact) mass is 463 g/mol. The van der Waals surface area contributed by atoms with E-state index in [9.17, 15) is 19.2 Å². The van der Waals surface area contributed by atoms with Crippen LogP contribution >= 0.6 is 0 Å². The Morgan fingerprint density at radius 2 is 1.76 bits per heavy atom. The highest BCUT2D eigenvalue weighted by Gasteiger charge is 2.45. The molecule has 178 valence electrons. The van der Waals surface area contributed by atoms with Gasteiger partial charge < -0.3 is 15.5 Å². The maximum Gasteiger partial charge on any atom is 0.264 e. The molecule has 0 aromatic heterocycles. The predicted molar refractivity (Wildman–Crippen MR) is 127 cm³/mol. The Kier molecular flexibility index (Phi) is 7.04. The zero-order chi connectivity index (χ0) is 24.2. The normalized spacial score (nSPS) is 17.9. The molecule has 1 saturated heterocycles. The number of likely N-dealkylation sites (N-methyl/N-ethyl adjacent to an activating group) is 2. The molecule has 4 amide bonds. The summed E-state index contributed by atoms with van der Waals surface area (Å²) in [6.07, 6.45) is 0.228. The number of nitrogens with zero attached hydrogens (tertiary/aromatic N) is 2. The number of amides is 4. The first-order valence-corrected chi connectivity index (χ1v) is 11.4. The molecule has 0 radical (unpaired) electrons. The molecule has 0 bridgehead atoms. The van der Waals surface area contributed by atoms with Gasteiger partial charge in [0.25, 0.3) is 11.8 Å². The standard InChI is InChI=1S/C25H29N5O4/c1-26-12-13-29(2)15-17-8-6-16(7-9-17)14-27-19-5-3-4-18-22(19)25(34)30(24(18)33)20-10-11-21(31)28-23(20)32/h3-9,20,26-27H,10-15H2,1-2H3,(H,28,31,32). The van der Waals surface area contributed by atoms with E-state index in [4.69, 9.17) is 0 Å². The van der Waals surface area contributed by atoms with Gasteiger partial charge in [-0.15, -0.1) is 0 Å². The van der Waals surface area contributed by atoms with Gasteiger partial charge in [-0.05, 0) is 43.8 Å². The molecule has 2 heterocycles. The molecule has 2 aromatic carbocycles. The second-order valence-electron chi connectivity index (χ2n) is 8.69. The zero-order valence-corrected chi connectivity index (χ0v) is 19.4. The van der Waals surface area contributed by atoms with Gasteiger partial charge in [0.05, 0.1) is 11.1 Å². The van der Waals surface area contributed by atoms with E-state index in [1.54, 1.807) is 18.2 Å². The van der Waals surface area contributed by atoms with Crippen LogP contribution in [0.5, 0.6) is 0 Å². The first-order valence-electron chi connectivity index (χ1n) is 11.4. The number of piperidine rings is 1. The first-order chi connectivity index (χ1) is 16.4. The van der Waals surface area contributed by atoms with E-state index in [0.29, 0.717) is 12.2 Å². The number of fused-ring (bicyclic) bond motifs is 1. The molecule has 1 fully saturated rings. The highest BCUT2D eigenvalue weighted by atomic mass is 16.2. The molecule has 0 saturated carbocycles. The Morgan fingerprint density at radius 3 is 2.47 bits per heavy atom. The number of benzene rings is 2. The number of imide groups is 2. The van der Waals surface area contributed by atoms with E-state index in [0.717, 1.165) is 30.1 Å². The molecule has 2 aromatic rings. The van der Waals surface area contributed by atoms with Crippen LogP contribution in [0, 0.1) is 0 Å². The lowest BCUT2D eigenvalue weighted by Crippen LogP contribution is -2.54. The molecule has 0 aliphatic carbocycles. The van der Waals surface area contributed by atoms with Crippen molar-refractivity contribution in [3.8, 4) is 0 Å². The number of hydrogen-bond acceptors (Lipinski definition) is 7. The van der Waals surface area contributed by atoms with Crippen LogP contribution in [0.2, 0.25) is 0 Å². The molecule has 9 heteroatoms. The van der Waals surface area contributed by atoms with Gasteiger partial charge in [0.15, 0.2) is 0 Å². The van der Waals surface area contributed by atoms with Crippen molar-refractivity contribution in [2.45, 2.75) is 32.0 Å².